The molecule has 5 heteroatoms. The molecule has 0 nitrogen and oxygen atoms in total. The van der Waals surface area contributed by atoms with Crippen LogP contribution in [0.25, 0.3) is 0 Å². The molecule has 0 saturated carbocycles. The average molecular weight is 602 g/mol. The first-order valence-electron chi connectivity index (χ1n) is 11.8. The van der Waals surface area contributed by atoms with Crippen LogP contribution in [0.5, 0.6) is 0 Å². The molecule has 0 N–H and O–H groups in total. The van der Waals surface area contributed by atoms with Crippen LogP contribution in [-0.4, -0.2) is 41.5 Å². The molecule has 32 heavy (non-hydrogen) atoms. The molecule has 0 spiro atoms. The van der Waals surface area contributed by atoms with Crippen molar-refractivity contribution in [3.05, 3.63) is 91.0 Å². The zero-order chi connectivity index (χ0) is 23.5. The molecule has 0 aliphatic carbocycles. The quantitative estimate of drug-likeness (QED) is 0.242. The Kier molecular flexibility index (Phi) is 8.41. The summed E-state index contributed by atoms with van der Waals surface area (Å²) in [5, 5.41) is 4.71. The Labute approximate surface area is 207 Å². The van der Waals surface area contributed by atoms with Gasteiger partial charge in [0.05, 0.1) is 0 Å². The van der Waals surface area contributed by atoms with E-state index in [0.29, 0.717) is 0 Å². The molecule has 170 valence electrons. The Hall–Kier alpha value is -0.601. The summed E-state index contributed by atoms with van der Waals surface area (Å²) in [7, 11) is 3.23. The topological polar surface area (TPSA) is 0 Å². The van der Waals surface area contributed by atoms with Crippen LogP contribution >= 0.6 is 8.92 Å². The van der Waals surface area contributed by atoms with E-state index in [4.69, 9.17) is 8.92 Å². The van der Waals surface area contributed by atoms with E-state index < -0.39 is 41.5 Å². The molecule has 0 bridgehead atoms. The maximum absolute atomic E-state index is 8.06. The van der Waals surface area contributed by atoms with E-state index >= 15 is 0 Å². The monoisotopic (exact) mass is 602 g/mol. The standard InChI is InChI=1S/3C9H13Si.ClH.Sn/c3*1-10(2,3)9-7-5-4-6-8-9;;/h3*4-8H,1H2,2-3H3;1H;/q;;;;+1/p-1. The van der Waals surface area contributed by atoms with Crippen molar-refractivity contribution in [1.82, 2.24) is 0 Å². The molecule has 0 aliphatic heterocycles. The predicted molar refractivity (Wildman–Crippen MR) is 157 cm³/mol. The molecule has 0 fully saturated rings. The first-order valence-corrected chi connectivity index (χ1v) is 31.1. The first kappa shape index (κ1) is 26.0. The van der Waals surface area contributed by atoms with Crippen LogP contribution in [0, 0.1) is 0 Å². The molecular weight excluding hydrogens is 563 g/mol. The van der Waals surface area contributed by atoms with E-state index in [9.17, 15) is 0 Å². The molecule has 0 aliphatic rings. The Morgan fingerprint density at radius 3 is 0.906 bits per heavy atom. The first-order chi connectivity index (χ1) is 14.9. The van der Waals surface area contributed by atoms with Gasteiger partial charge in [-0.25, -0.2) is 0 Å². The van der Waals surface area contributed by atoms with Gasteiger partial charge in [0.1, 0.15) is 0 Å². The summed E-state index contributed by atoms with van der Waals surface area (Å²) < 4.78 is 4.00. The van der Waals surface area contributed by atoms with Crippen LogP contribution in [0.4, 0.5) is 0 Å². The minimum absolute atomic E-state index is 1.33. The van der Waals surface area contributed by atoms with Gasteiger partial charge >= 0.3 is 208 Å². The van der Waals surface area contributed by atoms with E-state index in [1.54, 1.807) is 15.6 Å². The number of rotatable bonds is 9. The molecule has 0 radical (unpaired) electrons. The Balaban J connectivity index is 1.98. The van der Waals surface area contributed by atoms with Crippen molar-refractivity contribution in [2.24, 2.45) is 0 Å². The zero-order valence-electron chi connectivity index (χ0n) is 20.7. The molecule has 0 heterocycles. The van der Waals surface area contributed by atoms with Gasteiger partial charge in [-0.05, 0) is 0 Å². The van der Waals surface area contributed by atoms with Gasteiger partial charge in [-0.2, -0.15) is 0 Å². The van der Waals surface area contributed by atoms with Gasteiger partial charge in [0, 0.05) is 0 Å². The minimum atomic E-state index is -3.00. The van der Waals surface area contributed by atoms with Gasteiger partial charge < -0.3 is 0 Å². The van der Waals surface area contributed by atoms with Crippen LogP contribution in [0.3, 0.4) is 0 Å². The van der Waals surface area contributed by atoms with E-state index in [1.165, 1.54) is 12.2 Å². The molecule has 3 aromatic rings. The zero-order valence-corrected chi connectivity index (χ0v) is 27.3. The third kappa shape index (κ3) is 6.72. The van der Waals surface area contributed by atoms with E-state index in [1.807, 2.05) is 0 Å². The van der Waals surface area contributed by atoms with E-state index in [2.05, 4.69) is 130 Å². The summed E-state index contributed by atoms with van der Waals surface area (Å²) >= 11 is -3.00. The van der Waals surface area contributed by atoms with Gasteiger partial charge in [0.2, 0.25) is 0 Å². The molecule has 0 aromatic heterocycles. The van der Waals surface area contributed by atoms with Crippen molar-refractivity contribution in [3.63, 3.8) is 0 Å². The number of benzene rings is 3. The third-order valence-corrected chi connectivity index (χ3v) is 64.2. The van der Waals surface area contributed by atoms with Crippen LogP contribution in [0.1, 0.15) is 0 Å². The second-order valence-electron chi connectivity index (χ2n) is 11.4. The van der Waals surface area contributed by atoms with Gasteiger partial charge in [-0.3, -0.25) is 0 Å². The molecule has 0 atom stereocenters. The number of hydrogen-bond acceptors (Lipinski definition) is 0. The molecule has 0 saturated heterocycles. The Morgan fingerprint density at radius 2 is 0.688 bits per heavy atom. The summed E-state index contributed by atoms with van der Waals surface area (Å²) in [6, 6.07) is 33.8. The van der Waals surface area contributed by atoms with Gasteiger partial charge in [-0.15, -0.1) is 0 Å². The summed E-state index contributed by atoms with van der Waals surface area (Å²) in [6.07, 6.45) is 0. The number of hydrogen-bond donors (Lipinski definition) is 0. The van der Waals surface area contributed by atoms with Gasteiger partial charge in [-0.1, -0.05) is 0 Å². The van der Waals surface area contributed by atoms with Crippen molar-refractivity contribution < 1.29 is 0 Å². The number of halogens is 1. The Morgan fingerprint density at radius 1 is 0.469 bits per heavy atom. The Bertz CT molecular complexity index is 859. The van der Waals surface area contributed by atoms with E-state index in [-0.39, 0.29) is 0 Å². The van der Waals surface area contributed by atoms with Crippen LogP contribution in [-0.2, 0) is 0 Å². The maximum atomic E-state index is 8.06. The third-order valence-electron chi connectivity index (χ3n) is 6.94. The van der Waals surface area contributed by atoms with Crippen molar-refractivity contribution in [2.75, 3.05) is 0 Å². The van der Waals surface area contributed by atoms with Crippen molar-refractivity contribution in [2.45, 2.75) is 51.5 Å². The molecule has 3 aromatic carbocycles. The van der Waals surface area contributed by atoms with Crippen LogP contribution in [0.15, 0.2) is 91.0 Å². The average Bonchev–Trinajstić information content (AvgIpc) is 2.74. The van der Waals surface area contributed by atoms with Crippen LogP contribution in [0.2, 0.25) is 51.5 Å². The van der Waals surface area contributed by atoms with Crippen LogP contribution < -0.4 is 15.6 Å². The van der Waals surface area contributed by atoms with E-state index in [0.717, 1.165) is 0 Å². The normalized spacial score (nSPS) is 13.2. The fourth-order valence-electron chi connectivity index (χ4n) is 5.54. The molecule has 0 amide bonds. The van der Waals surface area contributed by atoms with Crippen molar-refractivity contribution >= 4 is 66.0 Å². The van der Waals surface area contributed by atoms with Gasteiger partial charge in [0.15, 0.2) is 0 Å². The van der Waals surface area contributed by atoms with Crippen molar-refractivity contribution in [1.29, 1.82) is 0 Å². The molecular formula is C27H39ClSi3Sn. The van der Waals surface area contributed by atoms with Gasteiger partial charge in [0.25, 0.3) is 0 Å². The SMILES string of the molecule is C[Si](C)([CH2][Sn]([Cl])([CH2][Si](C)(C)c1ccccc1)[CH2][Si](C)(C)c1ccccc1)c1ccccc1. The predicted octanol–water partition coefficient (Wildman–Crippen LogP) is 6.64. The summed E-state index contributed by atoms with van der Waals surface area (Å²) in [4.78, 5) is 0. The molecule has 0 unspecified atom stereocenters. The second-order valence-corrected chi connectivity index (χ2v) is 46.6. The molecule has 3 rings (SSSR count). The summed E-state index contributed by atoms with van der Waals surface area (Å²) in [5.74, 6) is 0. The van der Waals surface area contributed by atoms with Crippen molar-refractivity contribution in [3.8, 4) is 0 Å². The fourth-order valence-corrected chi connectivity index (χ4v) is 91.4. The summed E-state index contributed by atoms with van der Waals surface area (Å²) in [5.41, 5.74) is 0. The second kappa shape index (κ2) is 10.3. The fraction of sp³-hybridized carbons (Fsp3) is 0.333. The summed E-state index contributed by atoms with van der Waals surface area (Å²) in [6.45, 7) is 15.4.